The number of rotatable bonds is 53. The maximum absolute atomic E-state index is 13.9. The molecule has 0 aromatic carbocycles. The van der Waals surface area contributed by atoms with Gasteiger partial charge in [0.1, 0.15) is 177 Å². The first-order valence-electron chi connectivity index (χ1n) is 41.1. The van der Waals surface area contributed by atoms with Crippen LogP contribution in [0.15, 0.2) is 0 Å². The van der Waals surface area contributed by atoms with Crippen LogP contribution in [0.5, 0.6) is 0 Å². The second-order valence-corrected chi connectivity index (χ2v) is 33.2. The van der Waals surface area contributed by atoms with Gasteiger partial charge in [-0.15, -0.1) is 0 Å². The van der Waals surface area contributed by atoms with E-state index in [0.717, 1.165) is 69.2 Å². The first kappa shape index (κ1) is 115. The van der Waals surface area contributed by atoms with Crippen molar-refractivity contribution in [3.8, 4) is 0 Å². The molecule has 59 heteroatoms. The van der Waals surface area contributed by atoms with Crippen LogP contribution in [0, 0.1) is 0 Å². The number of hydrogen-bond donors (Lipinski definition) is 30. The van der Waals surface area contributed by atoms with Crippen molar-refractivity contribution in [2.75, 3.05) is 56.0 Å². The largest absolute Gasteiger partial charge is 0.480 e. The minimum absolute atomic E-state index is 0.397. The van der Waals surface area contributed by atoms with E-state index in [1.54, 1.807) is 0 Å². The molecule has 14 amide bonds. The molecule has 0 radical (unpaired) electrons. The zero-order valence-electron chi connectivity index (χ0n) is 73.3. The van der Waals surface area contributed by atoms with E-state index < -0.39 is 389 Å². The number of amides is 14. The highest BCUT2D eigenvalue weighted by Crippen LogP contribution is 2.34. The van der Waals surface area contributed by atoms with Gasteiger partial charge in [0.25, 0.3) is 0 Å². The molecule has 0 aromatic heterocycles. The van der Waals surface area contributed by atoms with Gasteiger partial charge in [-0.1, -0.05) is 0 Å². The Hall–Kier alpha value is -10.1. The van der Waals surface area contributed by atoms with Crippen LogP contribution >= 0.6 is 23.5 Å². The van der Waals surface area contributed by atoms with Crippen molar-refractivity contribution >= 4 is 136 Å². The van der Waals surface area contributed by atoms with Gasteiger partial charge in [-0.25, -0.2) is 14.4 Å². The van der Waals surface area contributed by atoms with Crippen LogP contribution in [-0.2, 0) is 129 Å². The van der Waals surface area contributed by atoms with Gasteiger partial charge in [-0.3, -0.25) is 76.7 Å². The molecule has 0 bridgehead atoms. The number of nitrogens with one attached hydrogen (secondary N) is 14. The molecule has 4 aliphatic rings. The molecule has 57 nitrogen and oxygen atoms in total. The first-order chi connectivity index (χ1) is 62.2. The lowest BCUT2D eigenvalue weighted by molar-refractivity contribution is -0.333. The van der Waals surface area contributed by atoms with Crippen molar-refractivity contribution in [1.29, 1.82) is 0 Å². The Kier molecular flexibility index (Phi) is 47.7. The Morgan fingerprint density at radius 3 is 0.970 bits per heavy atom. The summed E-state index contributed by atoms with van der Waals surface area (Å²) in [5, 5.41) is 186. The number of aliphatic hydroxyl groups excluding tert-OH is 10. The Morgan fingerprint density at radius 1 is 0.346 bits per heavy atom. The summed E-state index contributed by atoms with van der Waals surface area (Å²) in [5.41, 5.74) is 5.64. The van der Waals surface area contributed by atoms with E-state index in [2.05, 4.69) is 69.1 Å². The van der Waals surface area contributed by atoms with E-state index >= 15 is 0 Å². The molecule has 31 N–H and O–H groups in total. The molecule has 32 atom stereocenters. The molecular weight excluding hydrogens is 1840 g/mol. The van der Waals surface area contributed by atoms with Gasteiger partial charge in [0, 0.05) is 63.5 Å². The summed E-state index contributed by atoms with van der Waals surface area (Å²) >= 11 is 1.24. The molecule has 4 heterocycles. The Balaban J connectivity index is 1.45. The first-order valence-corrected chi connectivity index (χ1v) is 43.4. The lowest BCUT2D eigenvalue weighted by atomic mass is 9.94. The fourth-order valence-corrected chi connectivity index (χ4v) is 15.3. The lowest BCUT2D eigenvalue weighted by Crippen LogP contribution is -2.70. The van der Waals surface area contributed by atoms with Crippen LogP contribution in [0.2, 0.25) is 0 Å². The third-order valence-corrected chi connectivity index (χ3v) is 22.6. The average molecular weight is 1950 g/mol. The second kappa shape index (κ2) is 55.0. The quantitative estimate of drug-likeness (QED) is 0.0269. The third kappa shape index (κ3) is 35.9. The summed E-state index contributed by atoms with van der Waals surface area (Å²) in [7, 11) is 0. The summed E-state index contributed by atoms with van der Waals surface area (Å²) in [6.45, 7) is 5.90. The number of hydrogen-bond acceptors (Lipinski definition) is 40. The maximum Gasteiger partial charge on any atom is 0.327 e. The highest BCUT2D eigenvalue weighted by atomic mass is 32.2. The highest BCUT2D eigenvalue weighted by molar-refractivity contribution is 7.99. The van der Waals surface area contributed by atoms with E-state index in [1.165, 1.54) is 0 Å². The molecule has 0 saturated carbocycles. The Labute approximate surface area is 765 Å². The molecule has 32 unspecified atom stereocenters. The molecule has 4 rings (SSSR count). The highest BCUT2D eigenvalue weighted by Gasteiger charge is 2.56. The number of carbonyl (C=O) groups is 19. The molecule has 133 heavy (non-hydrogen) atoms. The predicted molar refractivity (Wildman–Crippen MR) is 443 cm³/mol. The molecule has 4 aliphatic heterocycles. The zero-order valence-corrected chi connectivity index (χ0v) is 74.9. The van der Waals surface area contributed by atoms with Gasteiger partial charge in [0.2, 0.25) is 82.7 Å². The molecule has 754 valence electrons. The summed E-state index contributed by atoms with van der Waals surface area (Å²) in [6, 6.07) is -24.0. The average Bonchev–Trinajstić information content (AvgIpc) is 0.775. The van der Waals surface area contributed by atoms with Crippen LogP contribution in [0.25, 0.3) is 0 Å². The summed E-state index contributed by atoms with van der Waals surface area (Å²) in [5.74, 6) is -25.3. The smallest absolute Gasteiger partial charge is 0.327 e. The standard InChI is InChI=1S/C74H119N15O42S2/c1-24(59(106)76-15-46(100)101)79-65(112)38(86-45(99)14-12-36(69(118)119)88-61(108)26(3)78-64(111)29(6)125-58-50(84-33(10)97)72(123)127-43(19-93)56(58)131-74-48(82-31(8)95)54(105)52(103)41(17-91)129-74)22-133-23-39(70(120)121)89-62(109)27(4)80-66(113)37(21-132-20-34(75)67(114)115)85-44(98)13-11-35(68(116)117)87-60(107)25(2)77-63(110)28(5)124-57-49(83-32(9)96)71(122)126-42(18-92)55(57)130-73-47(81-30(7)94)53(104)51(102)40(16-90)128-73/h24-29,34-43,47-58,71-74,90-93,102-105,122-123H,11-23,75H2,1-10H3,(H,76,106)(H,77,110)(H,78,111)(H,79,112)(H,80,113)(H,81,94)(H,82,95)(H,83,96)(H,84,97)(H,85,98)(H,86,99)(H,87,107)(H,88,108)(H,89,109)(H,100,101)(H,114,115)(H,116,117)(H,118,119)(H,120,121). The lowest BCUT2D eigenvalue weighted by Gasteiger charge is -2.48. The fourth-order valence-electron chi connectivity index (χ4n) is 13.2. The van der Waals surface area contributed by atoms with E-state index in [9.17, 15) is 163 Å². The van der Waals surface area contributed by atoms with E-state index in [1.807, 2.05) is 5.32 Å². The van der Waals surface area contributed by atoms with Crippen molar-refractivity contribution in [3.63, 3.8) is 0 Å². The number of thioether (sulfide) groups is 2. The number of carbonyl (C=O) groups excluding carboxylic acids is 14. The number of carboxylic acid groups (broad SMARTS) is 5. The third-order valence-electron chi connectivity index (χ3n) is 20.3. The molecular formula is C74H119N15O42S2. The molecule has 0 aromatic rings. The van der Waals surface area contributed by atoms with Gasteiger partial charge in [-0.05, 0) is 54.4 Å². The topological polar surface area (TPSA) is 896 Å². The summed E-state index contributed by atoms with van der Waals surface area (Å²) in [6.07, 6.45) is -34.9. The number of nitrogens with two attached hydrogens (primary N) is 1. The Morgan fingerprint density at radius 2 is 0.654 bits per heavy atom. The number of aliphatic carboxylic acids is 5. The second-order valence-electron chi connectivity index (χ2n) is 31.1. The maximum atomic E-state index is 13.9. The number of carboxylic acids is 5. The Bertz CT molecular complexity index is 4040. The van der Waals surface area contributed by atoms with Gasteiger partial charge in [-0.2, -0.15) is 23.5 Å². The van der Waals surface area contributed by atoms with E-state index in [4.69, 9.17) is 48.7 Å². The van der Waals surface area contributed by atoms with Crippen molar-refractivity contribution in [3.05, 3.63) is 0 Å². The molecule has 0 aliphatic carbocycles. The molecule has 0 spiro atoms. The monoisotopic (exact) mass is 1950 g/mol. The van der Waals surface area contributed by atoms with Crippen LogP contribution in [0.3, 0.4) is 0 Å². The zero-order chi connectivity index (χ0) is 101. The van der Waals surface area contributed by atoms with Gasteiger partial charge in [0.15, 0.2) is 25.2 Å². The van der Waals surface area contributed by atoms with Gasteiger partial charge in [0.05, 0.1) is 26.4 Å². The van der Waals surface area contributed by atoms with E-state index in [0.29, 0.717) is 23.5 Å². The number of aliphatic hydroxyl groups is 10. The normalized spacial score (nSPS) is 27.8. The van der Waals surface area contributed by atoms with Crippen LogP contribution in [-0.4, -0.2) is 440 Å². The van der Waals surface area contributed by atoms with Crippen LogP contribution in [0.1, 0.15) is 94.9 Å². The van der Waals surface area contributed by atoms with Gasteiger partial charge >= 0.3 is 29.8 Å². The van der Waals surface area contributed by atoms with Crippen molar-refractivity contribution in [1.82, 2.24) is 74.4 Å². The van der Waals surface area contributed by atoms with Crippen molar-refractivity contribution in [2.24, 2.45) is 5.73 Å². The minimum atomic E-state index is -2.01. The summed E-state index contributed by atoms with van der Waals surface area (Å²) < 4.78 is 46.4. The fraction of sp³-hybridized carbons (Fsp3) is 0.743. The number of ether oxygens (including phenoxy) is 8. The van der Waals surface area contributed by atoms with Crippen molar-refractivity contribution < 1.29 is 206 Å². The SMILES string of the molecule is CC(=O)NC1C(OC2C(CO)OC(O)C(NC(C)=O)C2OC(C)C(=O)NC(C)C(=O)NC(CCC(=O)NC(CSCC(NC(=O)C(C)NC(=O)C(CSCC(N)C(=O)O)NC(=O)CCC(NC(=O)C(C)NC(=O)C(C)OC2C(NC(C)=O)C(O)OC(CO)C2OC2OC(CO)C(O)C(O)C2NC(C)=O)C(=O)O)C(=O)O)C(=O)NC(C)C(=O)NCC(=O)O)C(=O)O)OC(CO)C(O)C1O. The van der Waals surface area contributed by atoms with Crippen molar-refractivity contribution in [2.45, 2.75) is 290 Å². The summed E-state index contributed by atoms with van der Waals surface area (Å²) in [4.78, 5) is 246. The van der Waals surface area contributed by atoms with Crippen LogP contribution < -0.4 is 80.2 Å². The minimum Gasteiger partial charge on any atom is -0.480 e. The molecule has 4 fully saturated rings. The molecule has 4 saturated heterocycles. The van der Waals surface area contributed by atoms with Crippen LogP contribution in [0.4, 0.5) is 0 Å². The van der Waals surface area contributed by atoms with E-state index in [-0.39, 0.29) is 0 Å². The predicted octanol–water partition coefficient (Wildman–Crippen LogP) is -16.0. The van der Waals surface area contributed by atoms with Gasteiger partial charge < -0.3 is 195 Å².